The summed E-state index contributed by atoms with van der Waals surface area (Å²) in [5, 5.41) is 6.77. The summed E-state index contributed by atoms with van der Waals surface area (Å²) in [5.74, 6) is 2.53. The first kappa shape index (κ1) is 38.3. The first-order chi connectivity index (χ1) is 22.4. The van der Waals surface area contributed by atoms with Gasteiger partial charge in [0, 0.05) is 63.9 Å². The van der Waals surface area contributed by atoms with Crippen molar-refractivity contribution in [1.29, 1.82) is 0 Å². The molecule has 1 aliphatic rings. The number of hydrogen-bond acceptors (Lipinski definition) is 8. The minimum atomic E-state index is 0. The van der Waals surface area contributed by atoms with Gasteiger partial charge in [-0.05, 0) is 91.7 Å². The zero-order valence-electron chi connectivity index (χ0n) is 26.5. The van der Waals surface area contributed by atoms with E-state index < -0.39 is 0 Å². The molecule has 47 heavy (non-hydrogen) atoms. The fraction of sp³-hybridized carbons (Fsp3) is 0.211. The molecule has 5 aromatic rings. The molecule has 5 aromatic carbocycles. The van der Waals surface area contributed by atoms with E-state index in [1.54, 1.807) is 39.5 Å². The Morgan fingerprint density at radius 1 is 0.532 bits per heavy atom. The van der Waals surface area contributed by atoms with Gasteiger partial charge in [0.1, 0.15) is 17.2 Å². The second-order valence-electron chi connectivity index (χ2n) is 9.95. The quantitative estimate of drug-likeness (QED) is 0.124. The standard InChI is InChI=1S/C20H20N2O2.C7H7BrO.C6H8N2.C4H8O.CH4/c1-23-19-10-4-8-17(13-19)21-15-6-3-7-16(12-15)22-18-9-5-11-20(14-18)24-2;1-9-7-4-2-3-6(8)5-7;7-5-2-1-3-6(8)4-5;1-2-4-5-3-1;/h3-14,21-22H,1-2H3;2-5H,1H3;1-4H,7-8H2;1-4H2;1H4. The van der Waals surface area contributed by atoms with Crippen LogP contribution in [-0.2, 0) is 4.74 Å². The molecule has 9 heteroatoms. The van der Waals surface area contributed by atoms with Gasteiger partial charge in [0.2, 0.25) is 0 Å². The molecule has 6 rings (SSSR count). The van der Waals surface area contributed by atoms with Crippen LogP contribution in [0.4, 0.5) is 34.1 Å². The number of nitrogens with one attached hydrogen (secondary N) is 2. The zero-order valence-corrected chi connectivity index (χ0v) is 28.1. The molecule has 1 aliphatic heterocycles. The van der Waals surface area contributed by atoms with Crippen LogP contribution in [0.25, 0.3) is 0 Å². The monoisotopic (exact) mass is 702 g/mol. The Hall–Kier alpha value is -4.86. The van der Waals surface area contributed by atoms with Gasteiger partial charge in [0.15, 0.2) is 0 Å². The Bertz CT molecular complexity index is 1510. The molecule has 0 aromatic heterocycles. The molecule has 250 valence electrons. The van der Waals surface area contributed by atoms with Crippen LogP contribution in [-0.4, -0.2) is 34.5 Å². The number of methoxy groups -OCH3 is 3. The normalized spacial score (nSPS) is 11.0. The predicted octanol–water partition coefficient (Wildman–Crippen LogP) is 9.93. The van der Waals surface area contributed by atoms with Crippen LogP contribution < -0.4 is 36.3 Å². The molecule has 0 bridgehead atoms. The molecule has 0 aliphatic carbocycles. The molecule has 0 spiro atoms. The molecule has 6 N–H and O–H groups in total. The zero-order chi connectivity index (χ0) is 33.0. The minimum Gasteiger partial charge on any atom is -0.497 e. The fourth-order valence-electron chi connectivity index (χ4n) is 4.07. The second-order valence-corrected chi connectivity index (χ2v) is 10.9. The highest BCUT2D eigenvalue weighted by Crippen LogP contribution is 2.26. The molecule has 0 saturated carbocycles. The highest BCUT2D eigenvalue weighted by molar-refractivity contribution is 9.10. The summed E-state index contributed by atoms with van der Waals surface area (Å²) in [6.07, 6.45) is 2.56. The molecule has 0 atom stereocenters. The van der Waals surface area contributed by atoms with Crippen LogP contribution in [0.5, 0.6) is 17.2 Å². The Morgan fingerprint density at radius 3 is 1.26 bits per heavy atom. The van der Waals surface area contributed by atoms with Gasteiger partial charge in [0.25, 0.3) is 0 Å². The summed E-state index contributed by atoms with van der Waals surface area (Å²) in [7, 11) is 4.98. The van der Waals surface area contributed by atoms with E-state index in [1.165, 1.54) is 12.8 Å². The maximum atomic E-state index is 5.38. The number of benzene rings is 5. The number of ether oxygens (including phenoxy) is 4. The van der Waals surface area contributed by atoms with Crippen molar-refractivity contribution in [2.24, 2.45) is 0 Å². The van der Waals surface area contributed by atoms with Crippen molar-refractivity contribution in [2.45, 2.75) is 20.3 Å². The number of rotatable bonds is 7. The van der Waals surface area contributed by atoms with E-state index in [4.69, 9.17) is 30.4 Å². The lowest BCUT2D eigenvalue weighted by Gasteiger charge is -2.11. The Balaban J connectivity index is 0.000000271. The molecule has 8 nitrogen and oxygen atoms in total. The molecule has 1 saturated heterocycles. The average Bonchev–Trinajstić information content (AvgIpc) is 3.66. The molecule has 0 amide bonds. The molecule has 0 unspecified atom stereocenters. The van der Waals surface area contributed by atoms with E-state index in [0.717, 1.165) is 57.7 Å². The van der Waals surface area contributed by atoms with E-state index in [2.05, 4.69) is 32.6 Å². The third-order valence-corrected chi connectivity index (χ3v) is 6.84. The molecular formula is C38H47BrN4O4. The first-order valence-corrected chi connectivity index (χ1v) is 15.6. The number of anilines is 6. The summed E-state index contributed by atoms with van der Waals surface area (Å²) in [4.78, 5) is 0. The lowest BCUT2D eigenvalue weighted by molar-refractivity contribution is 0.198. The summed E-state index contributed by atoms with van der Waals surface area (Å²) in [5.41, 5.74) is 16.1. The maximum Gasteiger partial charge on any atom is 0.120 e. The Morgan fingerprint density at radius 2 is 0.915 bits per heavy atom. The van der Waals surface area contributed by atoms with Crippen molar-refractivity contribution >= 4 is 50.1 Å². The van der Waals surface area contributed by atoms with Crippen LogP contribution in [0.15, 0.2) is 126 Å². The van der Waals surface area contributed by atoms with Crippen LogP contribution in [0.1, 0.15) is 20.3 Å². The second kappa shape index (κ2) is 21.8. The van der Waals surface area contributed by atoms with Crippen LogP contribution >= 0.6 is 15.9 Å². The van der Waals surface area contributed by atoms with Crippen LogP contribution in [0.3, 0.4) is 0 Å². The van der Waals surface area contributed by atoms with E-state index >= 15 is 0 Å². The molecular weight excluding hydrogens is 656 g/mol. The van der Waals surface area contributed by atoms with Gasteiger partial charge < -0.3 is 41.0 Å². The maximum absolute atomic E-state index is 5.38. The average molecular weight is 704 g/mol. The predicted molar refractivity (Wildman–Crippen MR) is 202 cm³/mol. The van der Waals surface area contributed by atoms with Gasteiger partial charge in [-0.3, -0.25) is 0 Å². The van der Waals surface area contributed by atoms with Gasteiger partial charge in [-0.15, -0.1) is 0 Å². The number of nitrogen functional groups attached to an aromatic ring is 2. The third kappa shape index (κ3) is 15.3. The van der Waals surface area contributed by atoms with Crippen molar-refractivity contribution in [3.05, 3.63) is 126 Å². The summed E-state index contributed by atoms with van der Waals surface area (Å²) in [6, 6.07) is 38.7. The van der Waals surface area contributed by atoms with Crippen molar-refractivity contribution in [3.63, 3.8) is 0 Å². The van der Waals surface area contributed by atoms with E-state index in [9.17, 15) is 0 Å². The molecule has 1 heterocycles. The smallest absolute Gasteiger partial charge is 0.120 e. The summed E-state index contributed by atoms with van der Waals surface area (Å²) in [6.45, 7) is 2.00. The number of hydrogen-bond donors (Lipinski definition) is 4. The van der Waals surface area contributed by atoms with E-state index in [-0.39, 0.29) is 7.43 Å². The fourth-order valence-corrected chi connectivity index (χ4v) is 4.45. The van der Waals surface area contributed by atoms with Gasteiger partial charge in [-0.1, -0.05) is 53.7 Å². The summed E-state index contributed by atoms with van der Waals surface area (Å²) >= 11 is 3.32. The van der Waals surface area contributed by atoms with Gasteiger partial charge in [0.05, 0.1) is 21.3 Å². The van der Waals surface area contributed by atoms with Gasteiger partial charge >= 0.3 is 0 Å². The van der Waals surface area contributed by atoms with Crippen molar-refractivity contribution in [3.8, 4) is 17.2 Å². The Labute approximate surface area is 288 Å². The van der Waals surface area contributed by atoms with Gasteiger partial charge in [-0.25, -0.2) is 0 Å². The summed E-state index contributed by atoms with van der Waals surface area (Å²) < 4.78 is 21.5. The van der Waals surface area contributed by atoms with Gasteiger partial charge in [-0.2, -0.15) is 0 Å². The molecule has 0 radical (unpaired) electrons. The lowest BCUT2D eigenvalue weighted by Crippen LogP contribution is -1.94. The lowest BCUT2D eigenvalue weighted by atomic mass is 10.2. The SMILES string of the molecule is C.C1CCOC1.COc1cccc(Br)c1.COc1cccc(Nc2cccc(Nc3cccc(OC)c3)c2)c1.Nc1cccc(N)c1. The highest BCUT2D eigenvalue weighted by atomic mass is 79.9. The Kier molecular flexibility index (Phi) is 17.8. The number of nitrogens with two attached hydrogens (primary N) is 2. The van der Waals surface area contributed by atoms with Crippen molar-refractivity contribution in [1.82, 2.24) is 0 Å². The van der Waals surface area contributed by atoms with Crippen LogP contribution in [0.2, 0.25) is 0 Å². The third-order valence-electron chi connectivity index (χ3n) is 6.35. The largest absolute Gasteiger partial charge is 0.497 e. The van der Waals surface area contributed by atoms with Crippen molar-refractivity contribution in [2.75, 3.05) is 56.6 Å². The highest BCUT2D eigenvalue weighted by Gasteiger charge is 2.01. The number of halogens is 1. The minimum absolute atomic E-state index is 0. The van der Waals surface area contributed by atoms with Crippen LogP contribution in [0, 0.1) is 0 Å². The molecule has 1 fully saturated rings. The first-order valence-electron chi connectivity index (χ1n) is 14.8. The van der Waals surface area contributed by atoms with E-state index in [0.29, 0.717) is 11.4 Å². The van der Waals surface area contributed by atoms with Crippen molar-refractivity contribution < 1.29 is 18.9 Å². The van der Waals surface area contributed by atoms with E-state index in [1.807, 2.05) is 97.1 Å². The topological polar surface area (TPSA) is 113 Å².